The van der Waals surface area contributed by atoms with Crippen molar-refractivity contribution in [3.05, 3.63) is 11.8 Å². The second kappa shape index (κ2) is 4.38. The molecule has 1 heterocycles. The largest absolute Gasteiger partial charge is 0.501 e. The fraction of sp³-hybridized carbons (Fsp3) is 0.846. The molecule has 3 rings (SSSR count). The summed E-state index contributed by atoms with van der Waals surface area (Å²) >= 11 is 0. The summed E-state index contributed by atoms with van der Waals surface area (Å²) in [6.45, 7) is 0.873. The number of nitrogens with two attached hydrogens (primary N) is 1. The van der Waals surface area contributed by atoms with Crippen molar-refractivity contribution in [1.29, 1.82) is 0 Å². The number of hydrogen-bond donors (Lipinski definition) is 2. The van der Waals surface area contributed by atoms with Crippen LogP contribution in [0.4, 0.5) is 0 Å². The first-order valence-corrected chi connectivity index (χ1v) is 6.68. The summed E-state index contributed by atoms with van der Waals surface area (Å²) < 4.78 is 5.44. The molecule has 3 heteroatoms. The molecule has 2 fully saturated rings. The van der Waals surface area contributed by atoms with Crippen molar-refractivity contribution in [3.63, 3.8) is 0 Å². The first-order chi connectivity index (χ1) is 7.92. The zero-order chi connectivity index (χ0) is 11.0. The fourth-order valence-corrected chi connectivity index (χ4v) is 3.82. The minimum atomic E-state index is 0.383. The van der Waals surface area contributed by atoms with Gasteiger partial charge in [0.25, 0.3) is 0 Å². The molecule has 16 heavy (non-hydrogen) atoms. The minimum Gasteiger partial charge on any atom is -0.501 e. The highest BCUT2D eigenvalue weighted by Gasteiger charge is 2.54. The maximum absolute atomic E-state index is 5.75. The lowest BCUT2D eigenvalue weighted by atomic mass is 9.96. The number of rotatable bonds is 3. The molecular formula is C13H22N2O. The fourth-order valence-electron chi connectivity index (χ4n) is 3.82. The molecule has 3 atom stereocenters. The van der Waals surface area contributed by atoms with Gasteiger partial charge in [0, 0.05) is 6.04 Å². The van der Waals surface area contributed by atoms with E-state index in [1.165, 1.54) is 31.3 Å². The van der Waals surface area contributed by atoms with Crippen molar-refractivity contribution in [3.8, 4) is 0 Å². The highest BCUT2D eigenvalue weighted by Crippen LogP contribution is 2.58. The molecule has 0 aromatic rings. The number of nitrogens with one attached hydrogen (secondary N) is 1. The molecule has 0 aromatic carbocycles. The van der Waals surface area contributed by atoms with Crippen LogP contribution in [-0.2, 0) is 4.74 Å². The van der Waals surface area contributed by atoms with Crippen LogP contribution in [0.25, 0.3) is 0 Å². The Hall–Kier alpha value is -0.540. The van der Waals surface area contributed by atoms with Crippen LogP contribution in [0.3, 0.4) is 0 Å². The van der Waals surface area contributed by atoms with Crippen LogP contribution in [0.1, 0.15) is 38.5 Å². The third-order valence-corrected chi connectivity index (χ3v) is 4.65. The van der Waals surface area contributed by atoms with Gasteiger partial charge in [-0.3, -0.25) is 11.3 Å². The summed E-state index contributed by atoms with van der Waals surface area (Å²) in [5, 5.41) is 0. The molecule has 90 valence electrons. The van der Waals surface area contributed by atoms with E-state index in [0.717, 1.165) is 37.2 Å². The highest BCUT2D eigenvalue weighted by atomic mass is 16.5. The molecule has 0 bridgehead atoms. The Bertz CT molecular complexity index is 278. The molecule has 3 unspecified atom stereocenters. The van der Waals surface area contributed by atoms with E-state index in [1.807, 2.05) is 6.26 Å². The van der Waals surface area contributed by atoms with Crippen molar-refractivity contribution < 1.29 is 4.74 Å². The summed E-state index contributed by atoms with van der Waals surface area (Å²) in [6.07, 6.45) is 9.94. The van der Waals surface area contributed by atoms with Gasteiger partial charge in [0.2, 0.25) is 0 Å². The lowest BCUT2D eigenvalue weighted by Gasteiger charge is -2.23. The molecule has 0 spiro atoms. The van der Waals surface area contributed by atoms with Crippen molar-refractivity contribution in [2.75, 3.05) is 6.61 Å². The molecule has 3 nitrogen and oxygen atoms in total. The smallest absolute Gasteiger partial charge is 0.0876 e. The van der Waals surface area contributed by atoms with Crippen LogP contribution in [0.15, 0.2) is 11.8 Å². The lowest BCUT2D eigenvalue weighted by molar-refractivity contribution is 0.217. The maximum Gasteiger partial charge on any atom is 0.0876 e. The predicted octanol–water partition coefficient (Wildman–Crippen LogP) is 1.95. The van der Waals surface area contributed by atoms with Gasteiger partial charge in [-0.05, 0) is 49.0 Å². The summed E-state index contributed by atoms with van der Waals surface area (Å²) in [4.78, 5) is 0. The third-order valence-electron chi connectivity index (χ3n) is 4.65. The van der Waals surface area contributed by atoms with Gasteiger partial charge in [-0.15, -0.1) is 0 Å². The van der Waals surface area contributed by atoms with E-state index in [9.17, 15) is 0 Å². The van der Waals surface area contributed by atoms with E-state index in [1.54, 1.807) is 0 Å². The average Bonchev–Trinajstić information content (AvgIpc) is 3.07. The molecule has 0 amide bonds. The maximum atomic E-state index is 5.75. The van der Waals surface area contributed by atoms with Gasteiger partial charge in [-0.2, -0.15) is 0 Å². The second-order valence-electron chi connectivity index (χ2n) is 5.50. The Morgan fingerprint density at radius 2 is 2.00 bits per heavy atom. The number of ether oxygens (including phenoxy) is 1. The lowest BCUT2D eigenvalue weighted by Crippen LogP contribution is -2.40. The minimum absolute atomic E-state index is 0.383. The molecule has 0 aromatic heterocycles. The van der Waals surface area contributed by atoms with E-state index in [4.69, 9.17) is 10.6 Å². The number of hydrazine groups is 1. The summed E-state index contributed by atoms with van der Waals surface area (Å²) in [5.41, 5.74) is 4.44. The molecule has 2 saturated carbocycles. The zero-order valence-electron chi connectivity index (χ0n) is 9.82. The van der Waals surface area contributed by atoms with Crippen molar-refractivity contribution in [2.24, 2.45) is 23.6 Å². The Morgan fingerprint density at radius 3 is 2.56 bits per heavy atom. The van der Waals surface area contributed by atoms with E-state index in [0.29, 0.717) is 6.04 Å². The normalized spacial score (nSPS) is 39.3. The SMILES string of the molecule is NNC(C1=COCCC1)C1C2CCCCC21. The second-order valence-corrected chi connectivity index (χ2v) is 5.50. The summed E-state index contributed by atoms with van der Waals surface area (Å²) in [5.74, 6) is 8.43. The van der Waals surface area contributed by atoms with E-state index < -0.39 is 0 Å². The quantitative estimate of drug-likeness (QED) is 0.567. The van der Waals surface area contributed by atoms with Crippen molar-refractivity contribution in [1.82, 2.24) is 5.43 Å². The first kappa shape index (κ1) is 10.6. The van der Waals surface area contributed by atoms with Crippen LogP contribution < -0.4 is 11.3 Å². The van der Waals surface area contributed by atoms with Crippen molar-refractivity contribution >= 4 is 0 Å². The van der Waals surface area contributed by atoms with E-state index in [-0.39, 0.29) is 0 Å². The van der Waals surface area contributed by atoms with Crippen LogP contribution >= 0.6 is 0 Å². The zero-order valence-corrected chi connectivity index (χ0v) is 9.82. The molecular weight excluding hydrogens is 200 g/mol. The molecule has 0 saturated heterocycles. The predicted molar refractivity (Wildman–Crippen MR) is 63.3 cm³/mol. The Balaban J connectivity index is 1.69. The summed E-state index contributed by atoms with van der Waals surface area (Å²) in [7, 11) is 0. The van der Waals surface area contributed by atoms with Gasteiger partial charge in [-0.25, -0.2) is 0 Å². The van der Waals surface area contributed by atoms with Gasteiger partial charge >= 0.3 is 0 Å². The standard InChI is InChI=1S/C13H22N2O/c14-15-13(9-4-3-7-16-8-9)12-10-5-1-2-6-11(10)12/h8,10-13,15H,1-7,14H2. The molecule has 0 radical (unpaired) electrons. The summed E-state index contributed by atoms with van der Waals surface area (Å²) in [6, 6.07) is 0.383. The van der Waals surface area contributed by atoms with Crippen LogP contribution in [0, 0.1) is 17.8 Å². The Kier molecular flexibility index (Phi) is 2.90. The van der Waals surface area contributed by atoms with Gasteiger partial charge in [0.05, 0.1) is 12.9 Å². The molecule has 2 aliphatic carbocycles. The van der Waals surface area contributed by atoms with Crippen LogP contribution in [0.5, 0.6) is 0 Å². The van der Waals surface area contributed by atoms with E-state index in [2.05, 4.69) is 5.43 Å². The van der Waals surface area contributed by atoms with Gasteiger partial charge in [0.15, 0.2) is 0 Å². The van der Waals surface area contributed by atoms with Gasteiger partial charge in [-0.1, -0.05) is 12.8 Å². The molecule has 3 aliphatic rings. The number of fused-ring (bicyclic) bond motifs is 1. The molecule has 1 aliphatic heterocycles. The number of hydrogen-bond acceptors (Lipinski definition) is 3. The Labute approximate surface area is 97.4 Å². The first-order valence-electron chi connectivity index (χ1n) is 6.68. The van der Waals surface area contributed by atoms with Gasteiger partial charge < -0.3 is 4.74 Å². The van der Waals surface area contributed by atoms with Crippen LogP contribution in [-0.4, -0.2) is 12.6 Å². The van der Waals surface area contributed by atoms with E-state index >= 15 is 0 Å². The van der Waals surface area contributed by atoms with Crippen LogP contribution in [0.2, 0.25) is 0 Å². The highest BCUT2D eigenvalue weighted by molar-refractivity contribution is 5.18. The van der Waals surface area contributed by atoms with Gasteiger partial charge in [0.1, 0.15) is 0 Å². The van der Waals surface area contributed by atoms with Crippen molar-refractivity contribution in [2.45, 2.75) is 44.6 Å². The monoisotopic (exact) mass is 222 g/mol. The molecule has 3 N–H and O–H groups in total. The topological polar surface area (TPSA) is 47.3 Å². The average molecular weight is 222 g/mol. The third kappa shape index (κ3) is 1.76. The Morgan fingerprint density at radius 1 is 1.25 bits per heavy atom.